The first-order valence-electron chi connectivity index (χ1n) is 10.7. The Bertz CT molecular complexity index is 1270. The molecule has 3 nitrogen and oxygen atoms in total. The highest BCUT2D eigenvalue weighted by atomic mass is 32.1. The van der Waals surface area contributed by atoms with Crippen LogP contribution in [0.1, 0.15) is 55.7 Å². The third-order valence-corrected chi connectivity index (χ3v) is 7.52. The van der Waals surface area contributed by atoms with E-state index >= 15 is 0 Å². The molecule has 0 aliphatic heterocycles. The highest BCUT2D eigenvalue weighted by Gasteiger charge is 2.21. The number of nitrogens with zero attached hydrogens (tertiary/aromatic N) is 3. The number of benzene rings is 1. The second kappa shape index (κ2) is 9.88. The number of fused-ring (bicyclic) bond motifs is 1. The number of pyridine rings is 1. The molecule has 1 aromatic carbocycles. The van der Waals surface area contributed by atoms with Crippen LogP contribution in [0.4, 0.5) is 0 Å². The molecule has 0 aliphatic rings. The van der Waals surface area contributed by atoms with Gasteiger partial charge in [0.15, 0.2) is 0 Å². The van der Waals surface area contributed by atoms with Crippen LogP contribution in [-0.2, 0) is 6.42 Å². The van der Waals surface area contributed by atoms with Crippen LogP contribution in [0.25, 0.3) is 31.1 Å². The summed E-state index contributed by atoms with van der Waals surface area (Å²) in [5, 5.41) is 22.5. The van der Waals surface area contributed by atoms with Crippen molar-refractivity contribution in [3.8, 4) is 33.0 Å². The van der Waals surface area contributed by atoms with Gasteiger partial charge in [0.05, 0.1) is 22.1 Å². The Morgan fingerprint density at radius 2 is 1.87 bits per heavy atom. The highest BCUT2D eigenvalue weighted by Crippen LogP contribution is 2.44. The van der Waals surface area contributed by atoms with Crippen molar-refractivity contribution < 1.29 is 0 Å². The quantitative estimate of drug-likeness (QED) is 0.261. The minimum atomic E-state index is 0.595. The molecule has 0 aliphatic carbocycles. The van der Waals surface area contributed by atoms with Crippen molar-refractivity contribution >= 4 is 32.9 Å². The largest absolute Gasteiger partial charge is 0.245 e. The van der Waals surface area contributed by atoms with Gasteiger partial charge in [0.1, 0.15) is 10.9 Å². The van der Waals surface area contributed by atoms with E-state index < -0.39 is 0 Å². The molecule has 4 rings (SSSR count). The molecule has 154 valence electrons. The summed E-state index contributed by atoms with van der Waals surface area (Å²) in [5.74, 6) is 0. The number of aromatic nitrogens is 1. The molecule has 5 heteroatoms. The Morgan fingerprint density at radius 3 is 2.61 bits per heavy atom. The fourth-order valence-corrected chi connectivity index (χ4v) is 5.87. The molecule has 0 saturated heterocycles. The molecule has 0 atom stereocenters. The molecular weight excluding hydrogens is 418 g/mol. The summed E-state index contributed by atoms with van der Waals surface area (Å²) in [6.07, 6.45) is 9.12. The number of nitriles is 2. The third-order valence-electron chi connectivity index (χ3n) is 5.48. The normalized spacial score (nSPS) is 10.8. The number of hydrogen-bond acceptors (Lipinski definition) is 5. The van der Waals surface area contributed by atoms with E-state index in [0.29, 0.717) is 11.1 Å². The maximum absolute atomic E-state index is 10.1. The standard InChI is InChI=1S/C26H23N3S2/c1-2-3-4-5-6-10-20-17-29-26-24(23(20)22-12-8-13-30-22)21(16-28)25(31-26)19-11-7-9-18(14-19)15-27/h7-9,11-14,17H,2-6,10H2,1H3. The van der Waals surface area contributed by atoms with Crippen molar-refractivity contribution in [3.05, 3.63) is 64.7 Å². The summed E-state index contributed by atoms with van der Waals surface area (Å²) in [6, 6.07) is 16.3. The van der Waals surface area contributed by atoms with Crippen LogP contribution in [0.2, 0.25) is 0 Å². The first-order chi connectivity index (χ1) is 15.3. The van der Waals surface area contributed by atoms with E-state index in [1.165, 1.54) is 47.5 Å². The van der Waals surface area contributed by atoms with Gasteiger partial charge in [-0.2, -0.15) is 10.5 Å². The number of rotatable bonds is 8. The monoisotopic (exact) mass is 441 g/mol. The zero-order chi connectivity index (χ0) is 21.6. The lowest BCUT2D eigenvalue weighted by molar-refractivity contribution is 0.632. The van der Waals surface area contributed by atoms with Gasteiger partial charge in [-0.1, -0.05) is 50.8 Å². The Balaban J connectivity index is 1.85. The van der Waals surface area contributed by atoms with Crippen LogP contribution in [0.3, 0.4) is 0 Å². The number of unbranched alkanes of at least 4 members (excludes halogenated alkanes) is 4. The van der Waals surface area contributed by atoms with Crippen molar-refractivity contribution in [2.75, 3.05) is 0 Å². The summed E-state index contributed by atoms with van der Waals surface area (Å²) in [7, 11) is 0. The Labute approximate surface area is 191 Å². The van der Waals surface area contributed by atoms with Crippen LogP contribution in [0.15, 0.2) is 48.0 Å². The molecule has 0 bridgehead atoms. The van der Waals surface area contributed by atoms with Gasteiger partial charge in [-0.3, -0.25) is 0 Å². The predicted octanol–water partition coefficient (Wildman–Crippen LogP) is 7.95. The van der Waals surface area contributed by atoms with E-state index in [4.69, 9.17) is 4.98 Å². The van der Waals surface area contributed by atoms with Gasteiger partial charge in [-0.05, 0) is 47.5 Å². The molecule has 0 amide bonds. The first-order valence-corrected chi connectivity index (χ1v) is 12.3. The molecule has 0 fully saturated rings. The molecule has 0 spiro atoms. The third kappa shape index (κ3) is 4.39. The zero-order valence-corrected chi connectivity index (χ0v) is 19.2. The Hall–Kier alpha value is -2.99. The second-order valence-electron chi connectivity index (χ2n) is 7.59. The molecule has 3 aromatic heterocycles. The summed E-state index contributed by atoms with van der Waals surface area (Å²) in [6.45, 7) is 2.23. The smallest absolute Gasteiger partial charge is 0.125 e. The van der Waals surface area contributed by atoms with Gasteiger partial charge in [0.2, 0.25) is 0 Å². The van der Waals surface area contributed by atoms with Gasteiger partial charge in [0, 0.05) is 22.0 Å². The summed E-state index contributed by atoms with van der Waals surface area (Å²) in [4.78, 5) is 7.72. The molecule has 0 radical (unpaired) electrons. The van der Waals surface area contributed by atoms with E-state index in [-0.39, 0.29) is 0 Å². The summed E-state index contributed by atoms with van der Waals surface area (Å²) < 4.78 is 0. The van der Waals surface area contributed by atoms with Crippen LogP contribution < -0.4 is 0 Å². The fourth-order valence-electron chi connectivity index (χ4n) is 3.95. The average molecular weight is 442 g/mol. The van der Waals surface area contributed by atoms with Gasteiger partial charge >= 0.3 is 0 Å². The Kier molecular flexibility index (Phi) is 6.77. The van der Waals surface area contributed by atoms with Crippen LogP contribution in [-0.4, -0.2) is 4.98 Å². The Morgan fingerprint density at radius 1 is 1.00 bits per heavy atom. The average Bonchev–Trinajstić information content (AvgIpc) is 3.46. The SMILES string of the molecule is CCCCCCCc1cnc2sc(-c3cccc(C#N)c3)c(C#N)c2c1-c1cccs1. The molecule has 31 heavy (non-hydrogen) atoms. The van der Waals surface area contributed by atoms with E-state index in [9.17, 15) is 10.5 Å². The number of aryl methyl sites for hydroxylation is 1. The molecule has 3 heterocycles. The maximum Gasteiger partial charge on any atom is 0.125 e. The minimum absolute atomic E-state index is 0.595. The second-order valence-corrected chi connectivity index (χ2v) is 9.54. The van der Waals surface area contributed by atoms with Gasteiger partial charge in [0.25, 0.3) is 0 Å². The van der Waals surface area contributed by atoms with Gasteiger partial charge < -0.3 is 0 Å². The molecule has 0 saturated carbocycles. The van der Waals surface area contributed by atoms with E-state index in [1.807, 2.05) is 24.4 Å². The molecule has 4 aromatic rings. The van der Waals surface area contributed by atoms with Crippen molar-refractivity contribution in [2.45, 2.75) is 45.4 Å². The van der Waals surface area contributed by atoms with Crippen molar-refractivity contribution in [2.24, 2.45) is 0 Å². The molecule has 0 unspecified atom stereocenters. The van der Waals surface area contributed by atoms with Crippen LogP contribution in [0.5, 0.6) is 0 Å². The molecular formula is C26H23N3S2. The lowest BCUT2D eigenvalue weighted by Gasteiger charge is -2.10. The van der Waals surface area contributed by atoms with Crippen molar-refractivity contribution in [1.82, 2.24) is 4.98 Å². The zero-order valence-electron chi connectivity index (χ0n) is 17.5. The summed E-state index contributed by atoms with van der Waals surface area (Å²) in [5.41, 5.74) is 4.54. The van der Waals surface area contributed by atoms with Crippen molar-refractivity contribution in [1.29, 1.82) is 10.5 Å². The van der Waals surface area contributed by atoms with Crippen LogP contribution in [0, 0.1) is 22.7 Å². The fraction of sp³-hybridized carbons (Fsp3) is 0.269. The highest BCUT2D eigenvalue weighted by molar-refractivity contribution is 7.22. The maximum atomic E-state index is 10.1. The first kappa shape index (κ1) is 21.2. The van der Waals surface area contributed by atoms with E-state index in [0.717, 1.165) is 39.1 Å². The lowest BCUT2D eigenvalue weighted by atomic mass is 9.96. The number of hydrogen-bond donors (Lipinski definition) is 0. The van der Waals surface area contributed by atoms with E-state index in [2.05, 4.69) is 36.6 Å². The van der Waals surface area contributed by atoms with Crippen molar-refractivity contribution in [3.63, 3.8) is 0 Å². The van der Waals surface area contributed by atoms with Gasteiger partial charge in [-0.25, -0.2) is 4.98 Å². The predicted molar refractivity (Wildman–Crippen MR) is 130 cm³/mol. The lowest BCUT2D eigenvalue weighted by Crippen LogP contribution is -1.94. The molecule has 0 N–H and O–H groups in total. The minimum Gasteiger partial charge on any atom is -0.245 e. The topological polar surface area (TPSA) is 60.5 Å². The van der Waals surface area contributed by atoms with E-state index in [1.54, 1.807) is 17.4 Å². The van der Waals surface area contributed by atoms with Crippen LogP contribution >= 0.6 is 22.7 Å². The van der Waals surface area contributed by atoms with Gasteiger partial charge in [-0.15, -0.1) is 22.7 Å². The summed E-state index contributed by atoms with van der Waals surface area (Å²) >= 11 is 3.24. The number of thiophene rings is 2.